The third-order valence-corrected chi connectivity index (χ3v) is 5.63. The van der Waals surface area contributed by atoms with E-state index in [1.54, 1.807) is 13.3 Å². The third-order valence-electron chi connectivity index (χ3n) is 4.85. The largest absolute Gasteiger partial charge is 0.391 e. The first-order valence-corrected chi connectivity index (χ1v) is 10.3. The lowest BCUT2D eigenvalue weighted by Gasteiger charge is -2.21. The average molecular weight is 398 g/mol. The molecule has 4 unspecified atom stereocenters. The molecule has 0 aromatic carbocycles. The Morgan fingerprint density at radius 1 is 1.41 bits per heavy atom. The van der Waals surface area contributed by atoms with Crippen LogP contribution in [0.4, 0.5) is 11.8 Å². The summed E-state index contributed by atoms with van der Waals surface area (Å²) < 4.78 is 24.0. The molecule has 1 fully saturated rings. The van der Waals surface area contributed by atoms with Crippen molar-refractivity contribution in [2.75, 3.05) is 23.7 Å². The first-order chi connectivity index (χ1) is 12.9. The second kappa shape index (κ2) is 8.46. The van der Waals surface area contributed by atoms with Gasteiger partial charge >= 0.3 is 0 Å². The van der Waals surface area contributed by atoms with Crippen LogP contribution in [0, 0.1) is 0 Å². The van der Waals surface area contributed by atoms with Gasteiger partial charge in [-0.15, -0.1) is 0 Å². The van der Waals surface area contributed by atoms with Crippen molar-refractivity contribution in [1.82, 2.24) is 23.8 Å². The second-order valence-corrected chi connectivity index (χ2v) is 7.72. The van der Waals surface area contributed by atoms with E-state index in [4.69, 9.17) is 0 Å². The Kier molecular flexibility index (Phi) is 6.25. The lowest BCUT2D eigenvalue weighted by molar-refractivity contribution is 0.169. The van der Waals surface area contributed by atoms with Gasteiger partial charge in [-0.05, 0) is 26.7 Å². The fourth-order valence-corrected chi connectivity index (χ4v) is 3.82. The number of aromatic nitrogens is 4. The molecule has 0 bridgehead atoms. The van der Waals surface area contributed by atoms with Crippen LogP contribution in [0.1, 0.15) is 33.6 Å². The van der Waals surface area contributed by atoms with Gasteiger partial charge in [0.25, 0.3) is 0 Å². The van der Waals surface area contributed by atoms with Crippen molar-refractivity contribution in [3.63, 3.8) is 0 Å². The molecule has 1 aliphatic rings. The van der Waals surface area contributed by atoms with E-state index in [1.165, 1.54) is 4.31 Å². The van der Waals surface area contributed by atoms with Crippen LogP contribution in [0.3, 0.4) is 0 Å². The van der Waals surface area contributed by atoms with Crippen LogP contribution >= 0.6 is 0 Å². The number of fused-ring (bicyclic) bond motifs is 1. The number of nitrogens with one attached hydrogen (secondary N) is 2. The van der Waals surface area contributed by atoms with Crippen LogP contribution < -0.4 is 10.6 Å². The molecule has 4 N–H and O–H groups in total. The third kappa shape index (κ3) is 4.37. The lowest BCUT2D eigenvalue weighted by atomic mass is 10.1. The van der Waals surface area contributed by atoms with E-state index >= 15 is 0 Å². The molecule has 27 heavy (non-hydrogen) atoms. The fraction of sp³-hybridized carbons (Fsp3) is 0.688. The number of rotatable bonds is 8. The molecule has 0 aliphatic carbocycles. The van der Waals surface area contributed by atoms with Crippen molar-refractivity contribution in [2.45, 2.75) is 58.3 Å². The number of hydrogen-bond donors (Lipinski definition) is 4. The molecule has 150 valence electrons. The van der Waals surface area contributed by atoms with Gasteiger partial charge in [-0.3, -0.25) is 4.55 Å². The van der Waals surface area contributed by atoms with Crippen LogP contribution in [0.15, 0.2) is 6.33 Å². The summed E-state index contributed by atoms with van der Waals surface area (Å²) in [5.74, 6) is 1.01. The summed E-state index contributed by atoms with van der Waals surface area (Å²) in [4.78, 5) is 13.6. The first kappa shape index (κ1) is 19.9. The maximum Gasteiger partial charge on any atom is 0.234 e. The second-order valence-electron chi connectivity index (χ2n) is 6.75. The van der Waals surface area contributed by atoms with Crippen molar-refractivity contribution in [3.05, 3.63) is 6.33 Å². The highest BCUT2D eigenvalue weighted by Gasteiger charge is 2.27. The van der Waals surface area contributed by atoms with Crippen molar-refractivity contribution >= 4 is 34.2 Å². The molecule has 0 spiro atoms. The number of aliphatic hydroxyl groups excluding tert-OH is 1. The van der Waals surface area contributed by atoms with Gasteiger partial charge in [0.1, 0.15) is 0 Å². The summed E-state index contributed by atoms with van der Waals surface area (Å²) in [7, 11) is 0. The van der Waals surface area contributed by atoms with E-state index in [2.05, 4.69) is 25.6 Å². The molecular formula is C16H27N7O3S. The Bertz CT molecular complexity index is 813. The van der Waals surface area contributed by atoms with Crippen molar-refractivity contribution in [3.8, 4) is 0 Å². The zero-order chi connectivity index (χ0) is 19.6. The molecular weight excluding hydrogens is 370 g/mol. The molecule has 2 aromatic rings. The minimum Gasteiger partial charge on any atom is -0.391 e. The van der Waals surface area contributed by atoms with Crippen molar-refractivity contribution in [2.24, 2.45) is 0 Å². The van der Waals surface area contributed by atoms with Gasteiger partial charge < -0.3 is 20.3 Å². The number of hydrogen-bond acceptors (Lipinski definition) is 7. The maximum atomic E-state index is 11.3. The summed E-state index contributed by atoms with van der Waals surface area (Å²) in [6.07, 6.45) is 2.66. The van der Waals surface area contributed by atoms with Crippen molar-refractivity contribution < 1.29 is 13.9 Å². The minimum absolute atomic E-state index is 0.00226. The predicted octanol–water partition coefficient (Wildman–Crippen LogP) is 1.04. The molecule has 0 amide bonds. The molecule has 0 radical (unpaired) electrons. The number of aliphatic hydroxyl groups is 1. The highest BCUT2D eigenvalue weighted by atomic mass is 32.2. The molecule has 10 nitrogen and oxygen atoms in total. The maximum absolute atomic E-state index is 11.3. The van der Waals surface area contributed by atoms with Crippen LogP contribution in [0.5, 0.6) is 0 Å². The highest BCUT2D eigenvalue weighted by Crippen LogP contribution is 2.24. The van der Waals surface area contributed by atoms with Crippen LogP contribution in [0.2, 0.25) is 0 Å². The van der Waals surface area contributed by atoms with Gasteiger partial charge in [0.2, 0.25) is 17.2 Å². The summed E-state index contributed by atoms with van der Waals surface area (Å²) in [5, 5.41) is 16.5. The zero-order valence-corrected chi connectivity index (χ0v) is 16.6. The van der Waals surface area contributed by atoms with E-state index < -0.39 is 17.4 Å². The molecule has 1 saturated heterocycles. The van der Waals surface area contributed by atoms with E-state index in [-0.39, 0.29) is 12.1 Å². The van der Waals surface area contributed by atoms with Gasteiger partial charge in [0, 0.05) is 25.7 Å². The number of anilines is 2. The van der Waals surface area contributed by atoms with E-state index in [1.807, 2.05) is 18.4 Å². The predicted molar refractivity (Wildman–Crippen MR) is 105 cm³/mol. The smallest absolute Gasteiger partial charge is 0.234 e. The van der Waals surface area contributed by atoms with Crippen molar-refractivity contribution in [1.29, 1.82) is 0 Å². The Morgan fingerprint density at radius 3 is 2.78 bits per heavy atom. The molecule has 1 aliphatic heterocycles. The monoisotopic (exact) mass is 397 g/mol. The summed E-state index contributed by atoms with van der Waals surface area (Å²) in [6.45, 7) is 7.46. The lowest BCUT2D eigenvalue weighted by Crippen LogP contribution is -2.32. The Hall–Kier alpha value is -1.82. The molecule has 3 heterocycles. The molecule has 11 heteroatoms. The SMILES string of the molecule is CCC(Nc1nc(NC2CCN(S(=O)O)C2)c2ncn(CC)c2n1)C(C)O. The number of aryl methyl sites for hydroxylation is 1. The Labute approximate surface area is 160 Å². The van der Waals surface area contributed by atoms with Gasteiger partial charge in [-0.1, -0.05) is 6.92 Å². The first-order valence-electron chi connectivity index (χ1n) is 9.22. The topological polar surface area (TPSA) is 128 Å². The standard InChI is InChI=1S/C16H27N7O3S/c1-4-12(10(3)24)19-16-20-14(13-15(21-16)22(5-2)9-17-13)18-11-6-7-23(8-11)27(25)26/h9-12,24H,4-8H2,1-3H3,(H,25,26)(H2,18,19,20,21). The van der Waals surface area contributed by atoms with Crippen LogP contribution in [-0.4, -0.2) is 69.0 Å². The summed E-state index contributed by atoms with van der Waals surface area (Å²) in [6, 6.07) is -0.162. The molecule has 3 rings (SSSR count). The van der Waals surface area contributed by atoms with Gasteiger partial charge in [-0.25, -0.2) is 9.19 Å². The fourth-order valence-electron chi connectivity index (χ4n) is 3.25. The molecule has 4 atom stereocenters. The normalized spacial score (nSPS) is 21.3. The van der Waals surface area contributed by atoms with Gasteiger partial charge in [-0.2, -0.15) is 14.3 Å². The zero-order valence-electron chi connectivity index (χ0n) is 15.8. The minimum atomic E-state index is -1.96. The highest BCUT2D eigenvalue weighted by molar-refractivity contribution is 7.76. The van der Waals surface area contributed by atoms with E-state index in [0.29, 0.717) is 36.0 Å². The summed E-state index contributed by atoms with van der Waals surface area (Å²) >= 11 is -1.96. The van der Waals surface area contributed by atoms with Gasteiger partial charge in [0.05, 0.1) is 18.5 Å². The molecule has 2 aromatic heterocycles. The summed E-state index contributed by atoms with van der Waals surface area (Å²) in [5.41, 5.74) is 1.37. The van der Waals surface area contributed by atoms with Crippen LogP contribution in [-0.2, 0) is 17.8 Å². The molecule has 0 saturated carbocycles. The number of imidazole rings is 1. The van der Waals surface area contributed by atoms with E-state index in [9.17, 15) is 13.9 Å². The Balaban J connectivity index is 1.90. The Morgan fingerprint density at radius 2 is 2.19 bits per heavy atom. The van der Waals surface area contributed by atoms with Crippen LogP contribution in [0.25, 0.3) is 11.2 Å². The number of nitrogens with zero attached hydrogens (tertiary/aromatic N) is 5. The quantitative estimate of drug-likeness (QED) is 0.487. The van der Waals surface area contributed by atoms with Gasteiger partial charge in [0.15, 0.2) is 17.0 Å². The van der Waals surface area contributed by atoms with E-state index in [0.717, 1.165) is 19.4 Å². The average Bonchev–Trinajstić information content (AvgIpc) is 3.26.